The van der Waals surface area contributed by atoms with Crippen molar-refractivity contribution in [3.63, 3.8) is 0 Å². The van der Waals surface area contributed by atoms with Gasteiger partial charge in [0.15, 0.2) is 0 Å². The summed E-state index contributed by atoms with van der Waals surface area (Å²) < 4.78 is 5.08. The van der Waals surface area contributed by atoms with E-state index in [1.165, 1.54) is 6.07 Å². The fraction of sp³-hybridized carbons (Fsp3) is 0.429. The van der Waals surface area contributed by atoms with E-state index in [1.54, 1.807) is 18.2 Å². The zero-order valence-corrected chi connectivity index (χ0v) is 12.0. The Hall–Kier alpha value is -1.59. The minimum atomic E-state index is -1.37. The van der Waals surface area contributed by atoms with Crippen molar-refractivity contribution in [3.8, 4) is 0 Å². The summed E-state index contributed by atoms with van der Waals surface area (Å²) in [6.07, 6.45) is 1.59. The first-order valence-corrected chi connectivity index (χ1v) is 6.75. The molecule has 2 atom stereocenters. The molecule has 5 nitrogen and oxygen atoms in total. The number of benzene rings is 1. The Labute approximate surface area is 122 Å². The van der Waals surface area contributed by atoms with Gasteiger partial charge in [-0.1, -0.05) is 37.1 Å². The first kappa shape index (κ1) is 16.5. The maximum Gasteiger partial charge on any atom is 0.321 e. The van der Waals surface area contributed by atoms with Crippen molar-refractivity contribution < 1.29 is 19.4 Å². The van der Waals surface area contributed by atoms with Crippen LogP contribution in [0.25, 0.3) is 0 Å². The second-order valence-corrected chi connectivity index (χ2v) is 4.85. The molecule has 0 saturated heterocycles. The molecule has 0 aliphatic rings. The summed E-state index contributed by atoms with van der Waals surface area (Å²) in [4.78, 5) is 23.1. The van der Waals surface area contributed by atoms with Gasteiger partial charge in [0.05, 0.1) is 6.61 Å². The normalized spacial score (nSPS) is 13.6. The largest absolute Gasteiger partial charge is 0.480 e. The van der Waals surface area contributed by atoms with Gasteiger partial charge < -0.3 is 15.6 Å². The van der Waals surface area contributed by atoms with E-state index in [0.29, 0.717) is 10.6 Å². The fourth-order valence-electron chi connectivity index (χ4n) is 1.74. The van der Waals surface area contributed by atoms with Crippen molar-refractivity contribution in [1.29, 1.82) is 0 Å². The topological polar surface area (TPSA) is 89.6 Å². The van der Waals surface area contributed by atoms with Gasteiger partial charge in [-0.25, -0.2) is 0 Å². The molecule has 0 fully saturated rings. The zero-order chi connectivity index (χ0) is 15.1. The van der Waals surface area contributed by atoms with Crippen LogP contribution in [-0.2, 0) is 14.3 Å². The molecule has 20 heavy (non-hydrogen) atoms. The van der Waals surface area contributed by atoms with Crippen LogP contribution in [0.2, 0.25) is 5.02 Å². The second-order valence-electron chi connectivity index (χ2n) is 4.42. The highest BCUT2D eigenvalue weighted by Gasteiger charge is 2.33. The number of unbranched alkanes of at least 4 members (excludes halogenated alkanes) is 1. The standard InChI is InChI=1S/C14H18ClNO4/c1-2-3-7-20-14(19)11(12(16)13(17)18)9-5-4-6-10(15)8-9/h4-6,8,11-12H,2-3,7,16H2,1H3,(H,17,18). The maximum absolute atomic E-state index is 12.1. The van der Waals surface area contributed by atoms with Crippen LogP contribution in [0, 0.1) is 0 Å². The van der Waals surface area contributed by atoms with Crippen molar-refractivity contribution >= 4 is 23.5 Å². The molecule has 0 aliphatic heterocycles. The minimum Gasteiger partial charge on any atom is -0.480 e. The highest BCUT2D eigenvalue weighted by Crippen LogP contribution is 2.24. The number of esters is 1. The van der Waals surface area contributed by atoms with Crippen LogP contribution in [0.15, 0.2) is 24.3 Å². The number of nitrogens with two attached hydrogens (primary N) is 1. The average molecular weight is 300 g/mol. The van der Waals surface area contributed by atoms with Gasteiger partial charge in [-0.2, -0.15) is 0 Å². The predicted molar refractivity (Wildman–Crippen MR) is 75.7 cm³/mol. The van der Waals surface area contributed by atoms with Gasteiger partial charge in [0.1, 0.15) is 12.0 Å². The molecule has 110 valence electrons. The van der Waals surface area contributed by atoms with Crippen LogP contribution < -0.4 is 5.73 Å². The van der Waals surface area contributed by atoms with Gasteiger partial charge in [0.2, 0.25) is 0 Å². The Morgan fingerprint density at radius 2 is 2.15 bits per heavy atom. The number of carbonyl (C=O) groups is 2. The molecule has 0 aromatic heterocycles. The molecule has 0 spiro atoms. The number of rotatable bonds is 7. The first-order valence-electron chi connectivity index (χ1n) is 6.37. The Kier molecular flexibility index (Phi) is 6.48. The number of carboxylic acid groups (broad SMARTS) is 1. The summed E-state index contributed by atoms with van der Waals surface area (Å²) in [6, 6.07) is 5.04. The lowest BCUT2D eigenvalue weighted by Gasteiger charge is -2.20. The molecule has 0 radical (unpaired) electrons. The van der Waals surface area contributed by atoms with E-state index < -0.39 is 23.9 Å². The van der Waals surface area contributed by atoms with E-state index in [2.05, 4.69) is 0 Å². The molecule has 2 unspecified atom stereocenters. The summed E-state index contributed by atoms with van der Waals surface area (Å²) in [5.41, 5.74) is 6.04. The van der Waals surface area contributed by atoms with Crippen LogP contribution in [-0.4, -0.2) is 29.7 Å². The molecule has 6 heteroatoms. The van der Waals surface area contributed by atoms with Gasteiger partial charge in [-0.3, -0.25) is 9.59 Å². The zero-order valence-electron chi connectivity index (χ0n) is 11.2. The summed E-state index contributed by atoms with van der Waals surface area (Å²) in [6.45, 7) is 2.21. The number of carboxylic acids is 1. The lowest BCUT2D eigenvalue weighted by Crippen LogP contribution is -2.41. The Bertz CT molecular complexity index is 478. The van der Waals surface area contributed by atoms with Crippen molar-refractivity contribution in [3.05, 3.63) is 34.9 Å². The molecule has 1 aromatic rings. The number of halogens is 1. The average Bonchev–Trinajstić information content (AvgIpc) is 2.39. The number of carbonyl (C=O) groups excluding carboxylic acids is 1. The monoisotopic (exact) mass is 299 g/mol. The van der Waals surface area contributed by atoms with Crippen molar-refractivity contribution in [1.82, 2.24) is 0 Å². The molecule has 1 rings (SSSR count). The Balaban J connectivity index is 2.96. The number of hydrogen-bond acceptors (Lipinski definition) is 4. The molecule has 3 N–H and O–H groups in total. The SMILES string of the molecule is CCCCOC(=O)C(c1cccc(Cl)c1)C(N)C(=O)O. The first-order chi connectivity index (χ1) is 9.47. The van der Waals surface area contributed by atoms with E-state index in [-0.39, 0.29) is 6.61 Å². The van der Waals surface area contributed by atoms with E-state index >= 15 is 0 Å². The Morgan fingerprint density at radius 3 is 2.70 bits per heavy atom. The van der Waals surface area contributed by atoms with Crippen LogP contribution in [0.1, 0.15) is 31.2 Å². The highest BCUT2D eigenvalue weighted by atomic mass is 35.5. The van der Waals surface area contributed by atoms with E-state index in [1.807, 2.05) is 6.92 Å². The predicted octanol–water partition coefficient (Wildman–Crippen LogP) is 2.18. The fourth-order valence-corrected chi connectivity index (χ4v) is 1.94. The summed E-state index contributed by atoms with van der Waals surface area (Å²) >= 11 is 5.86. The van der Waals surface area contributed by atoms with E-state index in [0.717, 1.165) is 12.8 Å². The molecular formula is C14H18ClNO4. The number of hydrogen-bond donors (Lipinski definition) is 2. The van der Waals surface area contributed by atoms with Crippen molar-refractivity contribution in [2.45, 2.75) is 31.7 Å². The molecule has 0 amide bonds. The molecular weight excluding hydrogens is 282 g/mol. The summed E-state index contributed by atoms with van der Waals surface area (Å²) in [7, 11) is 0. The number of aliphatic carboxylic acids is 1. The quantitative estimate of drug-likeness (QED) is 0.595. The van der Waals surface area contributed by atoms with E-state index in [9.17, 15) is 9.59 Å². The van der Waals surface area contributed by atoms with E-state index in [4.69, 9.17) is 27.2 Å². The van der Waals surface area contributed by atoms with Gasteiger partial charge in [-0.05, 0) is 24.1 Å². The molecule has 0 bridgehead atoms. The van der Waals surface area contributed by atoms with Gasteiger partial charge in [0.25, 0.3) is 0 Å². The third-order valence-corrected chi connectivity index (χ3v) is 3.08. The molecule has 0 heterocycles. The van der Waals surface area contributed by atoms with Crippen LogP contribution in [0.3, 0.4) is 0 Å². The summed E-state index contributed by atoms with van der Waals surface area (Å²) in [5.74, 6) is -2.97. The maximum atomic E-state index is 12.1. The third kappa shape index (κ3) is 4.51. The van der Waals surface area contributed by atoms with Gasteiger partial charge >= 0.3 is 11.9 Å². The number of ether oxygens (including phenoxy) is 1. The second kappa shape index (κ2) is 7.87. The Morgan fingerprint density at radius 1 is 1.45 bits per heavy atom. The molecule has 1 aromatic carbocycles. The van der Waals surface area contributed by atoms with Crippen LogP contribution >= 0.6 is 11.6 Å². The van der Waals surface area contributed by atoms with Gasteiger partial charge in [0, 0.05) is 5.02 Å². The minimum absolute atomic E-state index is 0.249. The van der Waals surface area contributed by atoms with Crippen LogP contribution in [0.4, 0.5) is 0 Å². The smallest absolute Gasteiger partial charge is 0.321 e. The highest BCUT2D eigenvalue weighted by molar-refractivity contribution is 6.30. The molecule has 0 saturated carbocycles. The lowest BCUT2D eigenvalue weighted by atomic mass is 9.92. The van der Waals surface area contributed by atoms with Gasteiger partial charge in [-0.15, -0.1) is 0 Å². The molecule has 0 aliphatic carbocycles. The van der Waals surface area contributed by atoms with Crippen LogP contribution in [0.5, 0.6) is 0 Å². The van der Waals surface area contributed by atoms with Crippen molar-refractivity contribution in [2.75, 3.05) is 6.61 Å². The third-order valence-electron chi connectivity index (χ3n) is 2.85. The van der Waals surface area contributed by atoms with Crippen molar-refractivity contribution in [2.24, 2.45) is 5.73 Å². The summed E-state index contributed by atoms with van der Waals surface area (Å²) in [5, 5.41) is 9.45. The lowest BCUT2D eigenvalue weighted by molar-refractivity contribution is -0.151.